The number of nitrogen functional groups attached to an aromatic ring is 1. The molecule has 2 aliphatic heterocycles. The number of nitrogens with zero attached hydrogens (tertiary/aromatic N) is 3. The summed E-state index contributed by atoms with van der Waals surface area (Å²) in [5.41, 5.74) is 8.59. The summed E-state index contributed by atoms with van der Waals surface area (Å²) in [5, 5.41) is 0.807. The molecule has 184 valence electrons. The molecule has 2 N–H and O–H groups in total. The Hall–Kier alpha value is -3.24. The maximum Gasteiger partial charge on any atom is 0.417 e. The Morgan fingerprint density at radius 3 is 2.77 bits per heavy atom. The second-order valence-corrected chi connectivity index (χ2v) is 9.03. The van der Waals surface area contributed by atoms with Crippen LogP contribution in [0.5, 0.6) is 0 Å². The summed E-state index contributed by atoms with van der Waals surface area (Å²) in [6.45, 7) is 3.96. The lowest BCUT2D eigenvalue weighted by Gasteiger charge is -2.25. The summed E-state index contributed by atoms with van der Waals surface area (Å²) >= 11 is 0. The highest BCUT2D eigenvalue weighted by molar-refractivity contribution is 5.99. The first-order valence-corrected chi connectivity index (χ1v) is 11.4. The summed E-state index contributed by atoms with van der Waals surface area (Å²) in [6.07, 6.45) is -3.03. The molecule has 0 radical (unpaired) electrons. The molecular formula is C25H25F3N4O3. The molecule has 3 aromatic rings. The third kappa shape index (κ3) is 4.68. The molecule has 1 fully saturated rings. The second-order valence-electron chi connectivity index (χ2n) is 9.03. The van der Waals surface area contributed by atoms with Gasteiger partial charge in [0.1, 0.15) is 5.82 Å². The summed E-state index contributed by atoms with van der Waals surface area (Å²) in [6, 6.07) is 7.55. The maximum absolute atomic E-state index is 13.6. The molecule has 2 aromatic heterocycles. The fourth-order valence-corrected chi connectivity index (χ4v) is 4.72. The number of nitrogens with two attached hydrogens (primary N) is 1. The highest BCUT2D eigenvalue weighted by Gasteiger charge is 2.31. The van der Waals surface area contributed by atoms with Gasteiger partial charge in [-0.15, -0.1) is 0 Å². The van der Waals surface area contributed by atoms with Gasteiger partial charge in [0.2, 0.25) is 0 Å². The normalized spacial score (nSPS) is 19.8. The van der Waals surface area contributed by atoms with E-state index in [0.29, 0.717) is 49.0 Å². The average molecular weight is 486 g/mol. The number of pyridine rings is 2. The largest absolute Gasteiger partial charge is 0.417 e. The molecule has 7 nitrogen and oxygen atoms in total. The van der Waals surface area contributed by atoms with Crippen molar-refractivity contribution >= 4 is 22.6 Å². The fourth-order valence-electron chi connectivity index (χ4n) is 4.72. The number of halogens is 3. The lowest BCUT2D eigenvalue weighted by Crippen LogP contribution is -2.35. The van der Waals surface area contributed by atoms with Crippen LogP contribution in [0.4, 0.5) is 19.0 Å². The molecule has 4 heterocycles. The molecule has 1 aromatic carbocycles. The maximum atomic E-state index is 13.6. The van der Waals surface area contributed by atoms with E-state index in [0.717, 1.165) is 35.2 Å². The van der Waals surface area contributed by atoms with Gasteiger partial charge in [-0.05, 0) is 49.2 Å². The van der Waals surface area contributed by atoms with Crippen LogP contribution in [0.3, 0.4) is 0 Å². The Morgan fingerprint density at radius 1 is 1.26 bits per heavy atom. The van der Waals surface area contributed by atoms with Crippen LogP contribution in [0.15, 0.2) is 36.5 Å². The molecule has 0 saturated carbocycles. The minimum Gasteiger partial charge on any atom is -0.383 e. The molecule has 5 rings (SSSR count). The SMILES string of the molecule is CC1OCc2c1c(N)nc1ccc(C(=O)N(Cc3ccc(C(F)(F)F)cn3)CC3CCOC3)cc21. The molecule has 2 unspecified atom stereocenters. The molecule has 2 atom stereocenters. The minimum absolute atomic E-state index is 0.0871. The number of rotatable bonds is 5. The van der Waals surface area contributed by atoms with Gasteiger partial charge in [0.15, 0.2) is 0 Å². The monoisotopic (exact) mass is 486 g/mol. The zero-order valence-corrected chi connectivity index (χ0v) is 19.1. The van der Waals surface area contributed by atoms with E-state index >= 15 is 0 Å². The van der Waals surface area contributed by atoms with E-state index in [4.69, 9.17) is 15.2 Å². The van der Waals surface area contributed by atoms with E-state index in [-0.39, 0.29) is 24.5 Å². The van der Waals surface area contributed by atoms with Crippen LogP contribution in [-0.2, 0) is 28.8 Å². The van der Waals surface area contributed by atoms with Gasteiger partial charge in [-0.2, -0.15) is 13.2 Å². The Bertz CT molecular complexity index is 1260. The smallest absolute Gasteiger partial charge is 0.383 e. The molecule has 0 spiro atoms. The Kier molecular flexibility index (Phi) is 6.10. The van der Waals surface area contributed by atoms with E-state index in [1.807, 2.05) is 6.92 Å². The van der Waals surface area contributed by atoms with Crippen LogP contribution in [-0.4, -0.2) is 40.5 Å². The predicted molar refractivity (Wildman–Crippen MR) is 122 cm³/mol. The molecule has 0 bridgehead atoms. The average Bonchev–Trinajstić information content (AvgIpc) is 3.48. The van der Waals surface area contributed by atoms with Crippen LogP contribution in [0, 0.1) is 5.92 Å². The van der Waals surface area contributed by atoms with Crippen molar-refractivity contribution < 1.29 is 27.4 Å². The number of hydrogen-bond acceptors (Lipinski definition) is 6. The number of anilines is 1. The van der Waals surface area contributed by atoms with E-state index in [2.05, 4.69) is 9.97 Å². The Balaban J connectivity index is 1.46. The summed E-state index contributed by atoms with van der Waals surface area (Å²) in [7, 11) is 0. The van der Waals surface area contributed by atoms with Crippen LogP contribution < -0.4 is 5.73 Å². The van der Waals surface area contributed by atoms with Crippen LogP contribution in [0.25, 0.3) is 10.9 Å². The van der Waals surface area contributed by atoms with Gasteiger partial charge in [-0.25, -0.2) is 4.98 Å². The van der Waals surface area contributed by atoms with Crippen molar-refractivity contribution in [2.24, 2.45) is 5.92 Å². The molecule has 1 saturated heterocycles. The first kappa shape index (κ1) is 23.5. The van der Waals surface area contributed by atoms with Crippen molar-refractivity contribution in [2.75, 3.05) is 25.5 Å². The fraction of sp³-hybridized carbons (Fsp3) is 0.400. The van der Waals surface area contributed by atoms with Crippen molar-refractivity contribution in [2.45, 2.75) is 38.8 Å². The number of carbonyl (C=O) groups is 1. The summed E-state index contributed by atoms with van der Waals surface area (Å²) in [5.74, 6) is 0.333. The summed E-state index contributed by atoms with van der Waals surface area (Å²) < 4.78 is 50.0. The van der Waals surface area contributed by atoms with E-state index < -0.39 is 11.7 Å². The van der Waals surface area contributed by atoms with E-state index in [1.165, 1.54) is 6.07 Å². The number of fused-ring (bicyclic) bond motifs is 3. The van der Waals surface area contributed by atoms with E-state index in [9.17, 15) is 18.0 Å². The number of aromatic nitrogens is 2. The van der Waals surface area contributed by atoms with Crippen molar-refractivity contribution in [3.05, 3.63) is 64.5 Å². The molecular weight excluding hydrogens is 461 g/mol. The van der Waals surface area contributed by atoms with Crippen LogP contribution in [0.1, 0.15) is 52.2 Å². The Morgan fingerprint density at radius 2 is 2.09 bits per heavy atom. The van der Waals surface area contributed by atoms with Gasteiger partial charge < -0.3 is 20.1 Å². The zero-order valence-electron chi connectivity index (χ0n) is 19.1. The topological polar surface area (TPSA) is 90.6 Å². The first-order chi connectivity index (χ1) is 16.7. The van der Waals surface area contributed by atoms with Crippen molar-refractivity contribution in [3.8, 4) is 0 Å². The molecule has 35 heavy (non-hydrogen) atoms. The number of benzene rings is 1. The van der Waals surface area contributed by atoms with Crippen molar-refractivity contribution in [3.63, 3.8) is 0 Å². The van der Waals surface area contributed by atoms with E-state index in [1.54, 1.807) is 23.1 Å². The van der Waals surface area contributed by atoms with Crippen LogP contribution >= 0.6 is 0 Å². The molecule has 0 aliphatic carbocycles. The van der Waals surface area contributed by atoms with Gasteiger partial charge in [0, 0.05) is 41.8 Å². The number of hydrogen-bond donors (Lipinski definition) is 1. The standard InChI is InChI=1S/C25H25F3N4O3/c1-14-22-20(13-35-14)19-8-16(2-5-21(19)31-23(22)29)24(33)32(10-15-6-7-34-12-15)11-18-4-3-17(9-30-18)25(26,27)28/h2-5,8-9,14-15H,6-7,10-13H2,1H3,(H2,29,31). The molecule has 1 amide bonds. The number of amides is 1. The van der Waals surface area contributed by atoms with Crippen LogP contribution in [0.2, 0.25) is 0 Å². The second kappa shape index (κ2) is 9.09. The molecule has 10 heteroatoms. The van der Waals surface area contributed by atoms with Gasteiger partial charge in [-0.1, -0.05) is 0 Å². The number of ether oxygens (including phenoxy) is 2. The van der Waals surface area contributed by atoms with Gasteiger partial charge in [0.05, 0.1) is 42.6 Å². The highest BCUT2D eigenvalue weighted by atomic mass is 19.4. The number of alkyl halides is 3. The number of carbonyl (C=O) groups excluding carboxylic acids is 1. The highest BCUT2D eigenvalue weighted by Crippen LogP contribution is 2.38. The Labute approximate surface area is 200 Å². The zero-order chi connectivity index (χ0) is 24.7. The third-order valence-electron chi connectivity index (χ3n) is 6.59. The lowest BCUT2D eigenvalue weighted by molar-refractivity contribution is -0.137. The van der Waals surface area contributed by atoms with Gasteiger partial charge in [0.25, 0.3) is 5.91 Å². The quantitative estimate of drug-likeness (QED) is 0.571. The van der Waals surface area contributed by atoms with Crippen molar-refractivity contribution in [1.82, 2.24) is 14.9 Å². The van der Waals surface area contributed by atoms with Gasteiger partial charge >= 0.3 is 6.18 Å². The van der Waals surface area contributed by atoms with Gasteiger partial charge in [-0.3, -0.25) is 9.78 Å². The molecule has 2 aliphatic rings. The predicted octanol–water partition coefficient (Wildman–Crippen LogP) is 4.50. The third-order valence-corrected chi connectivity index (χ3v) is 6.59. The minimum atomic E-state index is -4.47. The van der Waals surface area contributed by atoms with Crippen molar-refractivity contribution in [1.29, 1.82) is 0 Å². The summed E-state index contributed by atoms with van der Waals surface area (Å²) in [4.78, 5) is 23.7. The lowest BCUT2D eigenvalue weighted by atomic mass is 9.99. The first-order valence-electron chi connectivity index (χ1n) is 11.4.